The third kappa shape index (κ3) is 2.19. The van der Waals surface area contributed by atoms with Crippen molar-refractivity contribution in [2.75, 3.05) is 11.9 Å². The third-order valence-corrected chi connectivity index (χ3v) is 3.45. The lowest BCUT2D eigenvalue weighted by Gasteiger charge is -2.14. The van der Waals surface area contributed by atoms with E-state index in [4.69, 9.17) is 4.74 Å². The number of nitrogens with zero attached hydrogens (tertiary/aromatic N) is 2. The molecule has 0 amide bonds. The van der Waals surface area contributed by atoms with Crippen LogP contribution in [0.25, 0.3) is 0 Å². The molecule has 2 heterocycles. The Morgan fingerprint density at radius 3 is 3.05 bits per heavy atom. The van der Waals surface area contributed by atoms with Crippen molar-refractivity contribution in [3.05, 3.63) is 47.2 Å². The number of halogens is 1. The van der Waals surface area contributed by atoms with Crippen LogP contribution in [0.2, 0.25) is 0 Å². The van der Waals surface area contributed by atoms with E-state index in [1.54, 1.807) is 0 Å². The largest absolute Gasteiger partial charge is 0.491 e. The molecular weight excluding hydrogens is 257 g/mol. The SMILES string of the molecule is CCc1ncnc(NC2COc3ccc(C)cc32)c1F. The van der Waals surface area contributed by atoms with E-state index >= 15 is 0 Å². The van der Waals surface area contributed by atoms with Gasteiger partial charge in [-0.15, -0.1) is 0 Å². The topological polar surface area (TPSA) is 47.0 Å². The first-order chi connectivity index (χ1) is 9.69. The van der Waals surface area contributed by atoms with E-state index in [9.17, 15) is 4.39 Å². The van der Waals surface area contributed by atoms with E-state index in [0.717, 1.165) is 16.9 Å². The van der Waals surface area contributed by atoms with Gasteiger partial charge in [0.25, 0.3) is 0 Å². The fourth-order valence-electron chi connectivity index (χ4n) is 2.37. The van der Waals surface area contributed by atoms with Crippen LogP contribution in [0.15, 0.2) is 24.5 Å². The molecule has 0 radical (unpaired) electrons. The van der Waals surface area contributed by atoms with Crippen molar-refractivity contribution in [1.82, 2.24) is 9.97 Å². The van der Waals surface area contributed by atoms with Crippen LogP contribution in [0.1, 0.15) is 29.8 Å². The lowest BCUT2D eigenvalue weighted by molar-refractivity contribution is 0.339. The van der Waals surface area contributed by atoms with Gasteiger partial charge in [0, 0.05) is 5.56 Å². The Bertz CT molecular complexity index is 645. The van der Waals surface area contributed by atoms with E-state index in [1.165, 1.54) is 6.33 Å². The molecule has 0 bridgehead atoms. The zero-order chi connectivity index (χ0) is 14.1. The summed E-state index contributed by atoms with van der Waals surface area (Å²) in [4.78, 5) is 7.93. The third-order valence-electron chi connectivity index (χ3n) is 3.45. The van der Waals surface area contributed by atoms with Crippen molar-refractivity contribution >= 4 is 5.82 Å². The van der Waals surface area contributed by atoms with Gasteiger partial charge in [-0.25, -0.2) is 14.4 Å². The Morgan fingerprint density at radius 1 is 1.40 bits per heavy atom. The van der Waals surface area contributed by atoms with Gasteiger partial charge in [-0.05, 0) is 19.4 Å². The molecule has 20 heavy (non-hydrogen) atoms. The summed E-state index contributed by atoms with van der Waals surface area (Å²) in [6.45, 7) is 4.37. The fourth-order valence-corrected chi connectivity index (χ4v) is 2.37. The molecule has 1 aromatic heterocycles. The van der Waals surface area contributed by atoms with E-state index in [0.29, 0.717) is 18.7 Å². The van der Waals surface area contributed by atoms with Gasteiger partial charge in [0.1, 0.15) is 18.7 Å². The Kier molecular flexibility index (Phi) is 3.26. The van der Waals surface area contributed by atoms with Crippen LogP contribution < -0.4 is 10.1 Å². The number of fused-ring (bicyclic) bond motifs is 1. The quantitative estimate of drug-likeness (QED) is 0.933. The number of hydrogen-bond donors (Lipinski definition) is 1. The van der Waals surface area contributed by atoms with Crippen molar-refractivity contribution in [3.63, 3.8) is 0 Å². The summed E-state index contributed by atoms with van der Waals surface area (Å²) in [5.74, 6) is 0.703. The van der Waals surface area contributed by atoms with E-state index in [1.807, 2.05) is 26.0 Å². The second-order valence-electron chi connectivity index (χ2n) is 4.89. The Hall–Kier alpha value is -2.17. The summed E-state index contributed by atoms with van der Waals surface area (Å²) < 4.78 is 19.8. The molecule has 3 rings (SSSR count). The molecule has 0 saturated heterocycles. The number of ether oxygens (including phenoxy) is 1. The summed E-state index contributed by atoms with van der Waals surface area (Å²) in [5.41, 5.74) is 2.62. The molecule has 1 unspecified atom stereocenters. The number of aryl methyl sites for hydroxylation is 2. The average molecular weight is 273 g/mol. The predicted octanol–water partition coefficient (Wildman–Crippen LogP) is 3.03. The lowest BCUT2D eigenvalue weighted by atomic mass is 10.1. The number of aromatic nitrogens is 2. The summed E-state index contributed by atoms with van der Waals surface area (Å²) in [6, 6.07) is 5.92. The zero-order valence-corrected chi connectivity index (χ0v) is 11.5. The van der Waals surface area contributed by atoms with E-state index in [2.05, 4.69) is 21.4 Å². The molecule has 1 aliphatic rings. The standard InChI is InChI=1S/C15H16FN3O/c1-3-11-14(16)15(18-8-17-11)19-12-7-20-13-5-4-9(2)6-10(12)13/h4-6,8,12H,3,7H2,1-2H3,(H,17,18,19). The molecule has 1 aromatic carbocycles. The van der Waals surface area contributed by atoms with Crippen molar-refractivity contribution < 1.29 is 9.13 Å². The zero-order valence-electron chi connectivity index (χ0n) is 11.5. The van der Waals surface area contributed by atoms with Gasteiger partial charge in [0.2, 0.25) is 0 Å². The molecule has 5 heteroatoms. The summed E-state index contributed by atoms with van der Waals surface area (Å²) in [7, 11) is 0. The minimum absolute atomic E-state index is 0.0843. The number of nitrogens with one attached hydrogen (secondary N) is 1. The maximum Gasteiger partial charge on any atom is 0.186 e. The van der Waals surface area contributed by atoms with Crippen LogP contribution in [0.3, 0.4) is 0 Å². The van der Waals surface area contributed by atoms with E-state index in [-0.39, 0.29) is 17.7 Å². The second kappa shape index (κ2) is 5.07. The number of rotatable bonds is 3. The summed E-state index contributed by atoms with van der Waals surface area (Å²) >= 11 is 0. The fraction of sp³-hybridized carbons (Fsp3) is 0.333. The Labute approximate surface area is 117 Å². The minimum Gasteiger partial charge on any atom is -0.491 e. The number of anilines is 1. The molecule has 0 fully saturated rings. The molecule has 1 atom stereocenters. The predicted molar refractivity (Wildman–Crippen MR) is 74.4 cm³/mol. The molecule has 0 spiro atoms. The maximum atomic E-state index is 14.2. The molecule has 4 nitrogen and oxygen atoms in total. The molecule has 2 aromatic rings. The van der Waals surface area contributed by atoms with Gasteiger partial charge in [0.15, 0.2) is 11.6 Å². The number of benzene rings is 1. The molecule has 0 saturated carbocycles. The van der Waals surface area contributed by atoms with Crippen LogP contribution in [-0.4, -0.2) is 16.6 Å². The van der Waals surface area contributed by atoms with Crippen LogP contribution in [-0.2, 0) is 6.42 Å². The van der Waals surface area contributed by atoms with Crippen LogP contribution >= 0.6 is 0 Å². The molecule has 1 N–H and O–H groups in total. The summed E-state index contributed by atoms with van der Waals surface area (Å²) in [6.07, 6.45) is 1.93. The average Bonchev–Trinajstić information content (AvgIpc) is 2.83. The highest BCUT2D eigenvalue weighted by Crippen LogP contribution is 2.35. The smallest absolute Gasteiger partial charge is 0.186 e. The van der Waals surface area contributed by atoms with Gasteiger partial charge in [-0.2, -0.15) is 0 Å². The van der Waals surface area contributed by atoms with Gasteiger partial charge >= 0.3 is 0 Å². The highest BCUT2D eigenvalue weighted by Gasteiger charge is 2.25. The maximum absolute atomic E-state index is 14.2. The highest BCUT2D eigenvalue weighted by molar-refractivity contribution is 5.48. The highest BCUT2D eigenvalue weighted by atomic mass is 19.1. The van der Waals surface area contributed by atoms with E-state index < -0.39 is 0 Å². The van der Waals surface area contributed by atoms with Crippen LogP contribution in [0, 0.1) is 12.7 Å². The monoisotopic (exact) mass is 273 g/mol. The van der Waals surface area contributed by atoms with Crippen molar-refractivity contribution in [2.24, 2.45) is 0 Å². The molecular formula is C15H16FN3O. The van der Waals surface area contributed by atoms with Crippen molar-refractivity contribution in [3.8, 4) is 5.75 Å². The normalized spacial score (nSPS) is 16.6. The second-order valence-corrected chi connectivity index (χ2v) is 4.89. The number of hydrogen-bond acceptors (Lipinski definition) is 4. The first-order valence-electron chi connectivity index (χ1n) is 6.68. The first-order valence-corrected chi connectivity index (χ1v) is 6.68. The Balaban J connectivity index is 1.89. The molecule has 0 aliphatic carbocycles. The van der Waals surface area contributed by atoms with Crippen molar-refractivity contribution in [1.29, 1.82) is 0 Å². The van der Waals surface area contributed by atoms with Gasteiger partial charge < -0.3 is 10.1 Å². The van der Waals surface area contributed by atoms with Gasteiger partial charge in [0.05, 0.1) is 11.7 Å². The molecule has 104 valence electrons. The molecule has 1 aliphatic heterocycles. The Morgan fingerprint density at radius 2 is 2.25 bits per heavy atom. The van der Waals surface area contributed by atoms with Crippen LogP contribution in [0.5, 0.6) is 5.75 Å². The van der Waals surface area contributed by atoms with Crippen molar-refractivity contribution in [2.45, 2.75) is 26.3 Å². The first kappa shape index (κ1) is 12.8. The lowest BCUT2D eigenvalue weighted by Crippen LogP contribution is -2.15. The minimum atomic E-state index is -0.379. The van der Waals surface area contributed by atoms with Gasteiger partial charge in [-0.3, -0.25) is 0 Å². The van der Waals surface area contributed by atoms with Gasteiger partial charge in [-0.1, -0.05) is 24.6 Å². The summed E-state index contributed by atoms with van der Waals surface area (Å²) in [5, 5.41) is 3.12. The van der Waals surface area contributed by atoms with Crippen LogP contribution in [0.4, 0.5) is 10.2 Å².